The van der Waals surface area contributed by atoms with Crippen molar-refractivity contribution in [3.63, 3.8) is 0 Å². The Kier molecular flexibility index (Phi) is 7.47. The van der Waals surface area contributed by atoms with E-state index in [0.29, 0.717) is 5.41 Å². The Morgan fingerprint density at radius 3 is 2.50 bits per heavy atom. The quantitative estimate of drug-likeness (QED) is 0.443. The Hall–Kier alpha value is 0.250. The van der Waals surface area contributed by atoms with Gasteiger partial charge in [0, 0.05) is 17.9 Å². The first-order valence-electron chi connectivity index (χ1n) is 6.97. The van der Waals surface area contributed by atoms with Crippen LogP contribution in [0, 0.1) is 5.41 Å². The van der Waals surface area contributed by atoms with Crippen LogP contribution >= 0.6 is 11.6 Å². The standard InChI is InChI=1S/C14H27ClO/c1-2-3-4-5-6-7-9-14(12-15)10-8-11-16-13-14/h2-13H2,1H3. The van der Waals surface area contributed by atoms with Crippen LogP contribution in [0.2, 0.25) is 0 Å². The lowest BCUT2D eigenvalue weighted by Gasteiger charge is -2.35. The molecule has 0 saturated carbocycles. The third-order valence-corrected chi connectivity index (χ3v) is 4.32. The van der Waals surface area contributed by atoms with Crippen LogP contribution in [0.5, 0.6) is 0 Å². The Morgan fingerprint density at radius 1 is 1.12 bits per heavy atom. The second-order valence-electron chi connectivity index (χ2n) is 5.31. The van der Waals surface area contributed by atoms with Crippen LogP contribution in [0.3, 0.4) is 0 Å². The second kappa shape index (κ2) is 8.36. The Morgan fingerprint density at radius 2 is 1.88 bits per heavy atom. The Bertz CT molecular complexity index is 164. The van der Waals surface area contributed by atoms with Crippen LogP contribution in [0.15, 0.2) is 0 Å². The maximum Gasteiger partial charge on any atom is 0.0533 e. The first-order chi connectivity index (χ1) is 7.83. The number of rotatable bonds is 8. The summed E-state index contributed by atoms with van der Waals surface area (Å²) in [6.07, 6.45) is 12.0. The average molecular weight is 247 g/mol. The summed E-state index contributed by atoms with van der Waals surface area (Å²) in [7, 11) is 0. The molecule has 1 unspecified atom stereocenters. The molecule has 1 saturated heterocycles. The monoisotopic (exact) mass is 246 g/mol. The molecule has 0 aromatic heterocycles. The molecule has 1 aliphatic rings. The van der Waals surface area contributed by atoms with Gasteiger partial charge in [0.2, 0.25) is 0 Å². The highest BCUT2D eigenvalue weighted by molar-refractivity contribution is 6.18. The molecule has 2 heteroatoms. The summed E-state index contributed by atoms with van der Waals surface area (Å²) in [5.41, 5.74) is 0.310. The van der Waals surface area contributed by atoms with E-state index in [1.807, 2.05) is 0 Å². The summed E-state index contributed by atoms with van der Waals surface area (Å²) < 4.78 is 5.59. The molecule has 0 N–H and O–H groups in total. The first-order valence-corrected chi connectivity index (χ1v) is 7.50. The average Bonchev–Trinajstić information content (AvgIpc) is 2.35. The van der Waals surface area contributed by atoms with Gasteiger partial charge in [-0.25, -0.2) is 0 Å². The van der Waals surface area contributed by atoms with Gasteiger partial charge in [0.15, 0.2) is 0 Å². The van der Waals surface area contributed by atoms with Crippen molar-refractivity contribution < 1.29 is 4.74 Å². The van der Waals surface area contributed by atoms with Gasteiger partial charge in [-0.2, -0.15) is 0 Å². The van der Waals surface area contributed by atoms with Crippen molar-refractivity contribution in [1.82, 2.24) is 0 Å². The molecule has 96 valence electrons. The third-order valence-electron chi connectivity index (χ3n) is 3.75. The van der Waals surface area contributed by atoms with Crippen LogP contribution < -0.4 is 0 Å². The Labute approximate surface area is 106 Å². The molecular weight excluding hydrogens is 220 g/mol. The fraction of sp³-hybridized carbons (Fsp3) is 1.00. The van der Waals surface area contributed by atoms with Crippen molar-refractivity contribution in [2.45, 2.75) is 64.7 Å². The van der Waals surface area contributed by atoms with Crippen LogP contribution in [0.1, 0.15) is 64.7 Å². The Balaban J connectivity index is 2.08. The van der Waals surface area contributed by atoms with Gasteiger partial charge in [-0.3, -0.25) is 0 Å². The van der Waals surface area contributed by atoms with E-state index < -0.39 is 0 Å². The molecule has 0 bridgehead atoms. The van der Waals surface area contributed by atoms with Crippen molar-refractivity contribution in [1.29, 1.82) is 0 Å². The van der Waals surface area contributed by atoms with Crippen LogP contribution in [-0.4, -0.2) is 19.1 Å². The van der Waals surface area contributed by atoms with Crippen molar-refractivity contribution in [2.75, 3.05) is 19.1 Å². The molecule has 1 aliphatic heterocycles. The van der Waals surface area contributed by atoms with Gasteiger partial charge >= 0.3 is 0 Å². The summed E-state index contributed by atoms with van der Waals surface area (Å²) in [4.78, 5) is 0. The molecular formula is C14H27ClO. The maximum absolute atomic E-state index is 6.12. The zero-order valence-corrected chi connectivity index (χ0v) is 11.5. The largest absolute Gasteiger partial charge is 0.381 e. The summed E-state index contributed by atoms with van der Waals surface area (Å²) in [5, 5.41) is 0. The first kappa shape index (κ1) is 14.3. The fourth-order valence-corrected chi connectivity index (χ4v) is 2.90. The second-order valence-corrected chi connectivity index (χ2v) is 5.57. The molecule has 0 radical (unpaired) electrons. The molecule has 1 nitrogen and oxygen atoms in total. The minimum atomic E-state index is 0.310. The van der Waals surface area contributed by atoms with Gasteiger partial charge in [0.05, 0.1) is 6.61 Å². The van der Waals surface area contributed by atoms with Gasteiger partial charge in [0.25, 0.3) is 0 Å². The summed E-state index contributed by atoms with van der Waals surface area (Å²) in [5.74, 6) is 0.780. The topological polar surface area (TPSA) is 9.23 Å². The summed E-state index contributed by atoms with van der Waals surface area (Å²) >= 11 is 6.12. The van der Waals surface area contributed by atoms with E-state index in [1.54, 1.807) is 0 Å². The minimum Gasteiger partial charge on any atom is -0.381 e. The van der Waals surface area contributed by atoms with E-state index in [9.17, 15) is 0 Å². The van der Waals surface area contributed by atoms with Gasteiger partial charge in [-0.1, -0.05) is 45.4 Å². The minimum absolute atomic E-state index is 0.310. The van der Waals surface area contributed by atoms with Crippen molar-refractivity contribution >= 4 is 11.6 Å². The van der Waals surface area contributed by atoms with Crippen molar-refractivity contribution in [3.05, 3.63) is 0 Å². The van der Waals surface area contributed by atoms with Gasteiger partial charge in [-0.15, -0.1) is 11.6 Å². The van der Waals surface area contributed by atoms with Gasteiger partial charge in [0.1, 0.15) is 0 Å². The lowest BCUT2D eigenvalue weighted by Crippen LogP contribution is -2.33. The van der Waals surface area contributed by atoms with Crippen LogP contribution in [0.25, 0.3) is 0 Å². The number of hydrogen-bond acceptors (Lipinski definition) is 1. The number of alkyl halides is 1. The van der Waals surface area contributed by atoms with Crippen molar-refractivity contribution in [3.8, 4) is 0 Å². The lowest BCUT2D eigenvalue weighted by atomic mass is 9.80. The zero-order valence-electron chi connectivity index (χ0n) is 10.8. The molecule has 1 rings (SSSR count). The predicted molar refractivity (Wildman–Crippen MR) is 71.2 cm³/mol. The summed E-state index contributed by atoms with van der Waals surface area (Å²) in [6, 6.07) is 0. The third kappa shape index (κ3) is 5.05. The molecule has 16 heavy (non-hydrogen) atoms. The number of halogens is 1. The lowest BCUT2D eigenvalue weighted by molar-refractivity contribution is -0.00119. The number of unbranched alkanes of at least 4 members (excludes halogenated alkanes) is 5. The molecule has 0 aliphatic carbocycles. The predicted octanol–water partition coefficient (Wildman–Crippen LogP) is 4.77. The van der Waals surface area contributed by atoms with E-state index in [1.165, 1.54) is 57.8 Å². The zero-order chi connectivity index (χ0) is 11.7. The number of ether oxygens (including phenoxy) is 1. The highest BCUT2D eigenvalue weighted by Gasteiger charge is 2.31. The molecule has 1 fully saturated rings. The normalized spacial score (nSPS) is 25.9. The molecule has 0 amide bonds. The SMILES string of the molecule is CCCCCCCCC1(CCl)CCCOC1. The molecule has 0 aromatic rings. The smallest absolute Gasteiger partial charge is 0.0533 e. The molecule has 0 spiro atoms. The molecule has 0 aromatic carbocycles. The van der Waals surface area contributed by atoms with Gasteiger partial charge < -0.3 is 4.74 Å². The van der Waals surface area contributed by atoms with E-state index in [0.717, 1.165) is 19.1 Å². The fourth-order valence-electron chi connectivity index (χ4n) is 2.56. The maximum atomic E-state index is 6.12. The van der Waals surface area contributed by atoms with Crippen LogP contribution in [-0.2, 0) is 4.74 Å². The van der Waals surface area contributed by atoms with E-state index in [2.05, 4.69) is 6.92 Å². The molecule has 1 heterocycles. The highest BCUT2D eigenvalue weighted by atomic mass is 35.5. The highest BCUT2D eigenvalue weighted by Crippen LogP contribution is 2.35. The van der Waals surface area contributed by atoms with Gasteiger partial charge in [-0.05, 0) is 19.3 Å². The molecule has 1 atom stereocenters. The van der Waals surface area contributed by atoms with E-state index in [4.69, 9.17) is 16.3 Å². The van der Waals surface area contributed by atoms with Crippen LogP contribution in [0.4, 0.5) is 0 Å². The van der Waals surface area contributed by atoms with E-state index >= 15 is 0 Å². The van der Waals surface area contributed by atoms with Crippen molar-refractivity contribution in [2.24, 2.45) is 5.41 Å². The summed E-state index contributed by atoms with van der Waals surface area (Å²) in [6.45, 7) is 4.10. The number of hydrogen-bond donors (Lipinski definition) is 0. The van der Waals surface area contributed by atoms with E-state index in [-0.39, 0.29) is 0 Å².